The summed E-state index contributed by atoms with van der Waals surface area (Å²) in [6, 6.07) is 0. The van der Waals surface area contributed by atoms with Crippen molar-refractivity contribution in [1.82, 2.24) is 0 Å². The standard InChI is InChI=1S/C65H108O6/c1-4-7-10-13-16-18-20-21-22-23-24-25-26-27-28-29-30-31-32-33-34-35-36-37-38-39-40-41-42-43-45-46-49-52-55-58-64(67)70-61-62(60-69-63(66)57-54-51-48-15-12-9-6-3)71-65(68)59-56-53-50-47-44-19-17-14-11-8-5-2/h7,10,16,18,21-22,24-25,27-28,30-31,33-34,36-37,39-40,62H,4-6,8-9,11-15,17,19-20,23,26,29,32,35,38,41-61H2,1-3H3/b10-7-,18-16-,22-21-,25-24-,28-27-,31-30-,34-33-,37-36-,40-39-. The van der Waals surface area contributed by atoms with Crippen LogP contribution in [0, 0.1) is 0 Å². The Morgan fingerprint density at radius 3 is 0.859 bits per heavy atom. The van der Waals surface area contributed by atoms with Gasteiger partial charge in [0.2, 0.25) is 0 Å². The van der Waals surface area contributed by atoms with Crippen LogP contribution in [0.5, 0.6) is 0 Å². The summed E-state index contributed by atoms with van der Waals surface area (Å²) in [5, 5.41) is 0. The van der Waals surface area contributed by atoms with Gasteiger partial charge in [0, 0.05) is 19.3 Å². The third-order valence-electron chi connectivity index (χ3n) is 12.3. The van der Waals surface area contributed by atoms with Crippen LogP contribution in [-0.2, 0) is 28.6 Å². The molecule has 0 rings (SSSR count). The fourth-order valence-corrected chi connectivity index (χ4v) is 7.91. The van der Waals surface area contributed by atoms with E-state index < -0.39 is 6.10 Å². The van der Waals surface area contributed by atoms with Gasteiger partial charge in [0.15, 0.2) is 6.10 Å². The molecule has 404 valence electrons. The SMILES string of the molecule is CC/C=C\C/C=C\C/C=C\C/C=C\C/C=C\C/C=C\C/C=C\C/C=C\C/C=C\CCCCCCCCCC(=O)OCC(COC(=O)CCCCCCCCC)OC(=O)CCCCCCCCCCCCC. The summed E-state index contributed by atoms with van der Waals surface area (Å²) in [4.78, 5) is 37.8. The van der Waals surface area contributed by atoms with Gasteiger partial charge in [-0.3, -0.25) is 14.4 Å². The van der Waals surface area contributed by atoms with Crippen molar-refractivity contribution in [2.75, 3.05) is 13.2 Å². The normalized spacial score (nSPS) is 12.9. The van der Waals surface area contributed by atoms with Crippen LogP contribution in [0.4, 0.5) is 0 Å². The molecule has 0 aliphatic rings. The summed E-state index contributed by atoms with van der Waals surface area (Å²) < 4.78 is 16.7. The molecule has 6 heteroatoms. The lowest BCUT2D eigenvalue weighted by molar-refractivity contribution is -0.167. The molecule has 0 amide bonds. The molecule has 0 aliphatic carbocycles. The van der Waals surface area contributed by atoms with Crippen LogP contribution < -0.4 is 0 Å². The van der Waals surface area contributed by atoms with Gasteiger partial charge in [-0.2, -0.15) is 0 Å². The van der Waals surface area contributed by atoms with Gasteiger partial charge in [-0.1, -0.05) is 265 Å². The predicted octanol–water partition coefficient (Wildman–Crippen LogP) is 19.9. The lowest BCUT2D eigenvalue weighted by Crippen LogP contribution is -2.30. The number of allylic oxidation sites excluding steroid dienone is 18. The van der Waals surface area contributed by atoms with Gasteiger partial charge in [-0.25, -0.2) is 0 Å². The number of carbonyl (C=O) groups excluding carboxylic acids is 3. The van der Waals surface area contributed by atoms with Crippen LogP contribution in [0.25, 0.3) is 0 Å². The molecule has 0 aromatic heterocycles. The molecule has 1 atom stereocenters. The summed E-state index contributed by atoms with van der Waals surface area (Å²) in [5.41, 5.74) is 0. The van der Waals surface area contributed by atoms with Crippen molar-refractivity contribution in [3.05, 3.63) is 109 Å². The van der Waals surface area contributed by atoms with E-state index in [1.807, 2.05) is 0 Å². The van der Waals surface area contributed by atoms with Crippen LogP contribution >= 0.6 is 0 Å². The number of carbonyl (C=O) groups is 3. The van der Waals surface area contributed by atoms with E-state index in [1.54, 1.807) is 0 Å². The van der Waals surface area contributed by atoms with E-state index in [2.05, 4.69) is 130 Å². The number of hydrogen-bond acceptors (Lipinski definition) is 6. The van der Waals surface area contributed by atoms with Crippen LogP contribution in [0.3, 0.4) is 0 Å². The topological polar surface area (TPSA) is 78.9 Å². The highest BCUT2D eigenvalue weighted by atomic mass is 16.6. The summed E-state index contributed by atoms with van der Waals surface area (Å²) >= 11 is 0. The van der Waals surface area contributed by atoms with Crippen LogP contribution in [0.2, 0.25) is 0 Å². The zero-order valence-corrected chi connectivity index (χ0v) is 46.2. The highest BCUT2D eigenvalue weighted by Gasteiger charge is 2.19. The van der Waals surface area contributed by atoms with Crippen molar-refractivity contribution in [1.29, 1.82) is 0 Å². The minimum absolute atomic E-state index is 0.0788. The Labute approximate surface area is 438 Å². The monoisotopic (exact) mass is 985 g/mol. The largest absolute Gasteiger partial charge is 0.462 e. The fourth-order valence-electron chi connectivity index (χ4n) is 7.91. The smallest absolute Gasteiger partial charge is 0.306 e. The number of esters is 3. The van der Waals surface area contributed by atoms with Crippen molar-refractivity contribution in [2.45, 2.75) is 271 Å². The first-order chi connectivity index (χ1) is 35.0. The molecule has 0 aromatic rings. The summed E-state index contributed by atoms with van der Waals surface area (Å²) in [6.45, 7) is 6.46. The van der Waals surface area contributed by atoms with Crippen molar-refractivity contribution in [2.24, 2.45) is 0 Å². The molecule has 71 heavy (non-hydrogen) atoms. The third-order valence-corrected chi connectivity index (χ3v) is 12.3. The Hall–Kier alpha value is -3.93. The number of unbranched alkanes of at least 4 members (excludes halogenated alkanes) is 23. The molecule has 0 spiro atoms. The first kappa shape index (κ1) is 67.1. The Morgan fingerprint density at radius 1 is 0.296 bits per heavy atom. The summed E-state index contributed by atoms with van der Waals surface area (Å²) in [7, 11) is 0. The highest BCUT2D eigenvalue weighted by molar-refractivity contribution is 5.71. The van der Waals surface area contributed by atoms with Crippen molar-refractivity contribution in [3.63, 3.8) is 0 Å². The molecule has 0 saturated heterocycles. The summed E-state index contributed by atoms with van der Waals surface area (Å²) in [5.74, 6) is -0.897. The molecule has 0 aliphatic heterocycles. The van der Waals surface area contributed by atoms with Crippen molar-refractivity contribution < 1.29 is 28.6 Å². The van der Waals surface area contributed by atoms with Gasteiger partial charge >= 0.3 is 17.9 Å². The molecular weight excluding hydrogens is 877 g/mol. The van der Waals surface area contributed by atoms with E-state index in [1.165, 1.54) is 103 Å². The van der Waals surface area contributed by atoms with E-state index in [4.69, 9.17) is 14.2 Å². The van der Waals surface area contributed by atoms with Gasteiger partial charge in [0.25, 0.3) is 0 Å². The molecule has 0 fully saturated rings. The second-order valence-corrected chi connectivity index (χ2v) is 19.2. The number of hydrogen-bond donors (Lipinski definition) is 0. The van der Waals surface area contributed by atoms with Crippen LogP contribution in [0.1, 0.15) is 265 Å². The zero-order chi connectivity index (χ0) is 51.4. The molecule has 0 aromatic carbocycles. The average Bonchev–Trinajstić information content (AvgIpc) is 3.37. The molecule has 0 radical (unpaired) electrons. The Bertz CT molecular complexity index is 1460. The summed E-state index contributed by atoms with van der Waals surface area (Å²) in [6.07, 6.45) is 79.7. The fraction of sp³-hybridized carbons (Fsp3) is 0.677. The molecule has 1 unspecified atom stereocenters. The number of ether oxygens (including phenoxy) is 3. The van der Waals surface area contributed by atoms with Gasteiger partial charge in [0.1, 0.15) is 13.2 Å². The lowest BCUT2D eigenvalue weighted by atomic mass is 10.1. The van der Waals surface area contributed by atoms with Gasteiger partial charge < -0.3 is 14.2 Å². The van der Waals surface area contributed by atoms with Gasteiger partial charge in [0.05, 0.1) is 0 Å². The van der Waals surface area contributed by atoms with Crippen molar-refractivity contribution >= 4 is 17.9 Å². The van der Waals surface area contributed by atoms with E-state index in [9.17, 15) is 14.4 Å². The minimum Gasteiger partial charge on any atom is -0.462 e. The van der Waals surface area contributed by atoms with E-state index in [0.29, 0.717) is 19.3 Å². The maximum atomic E-state index is 12.7. The molecular formula is C65H108O6. The highest BCUT2D eigenvalue weighted by Crippen LogP contribution is 2.15. The second-order valence-electron chi connectivity index (χ2n) is 19.2. The molecule has 0 saturated carbocycles. The molecule has 0 heterocycles. The third kappa shape index (κ3) is 56.9. The molecule has 0 N–H and O–H groups in total. The van der Waals surface area contributed by atoms with E-state index in [-0.39, 0.29) is 31.1 Å². The first-order valence-electron chi connectivity index (χ1n) is 29.4. The Balaban J connectivity index is 4.09. The zero-order valence-electron chi connectivity index (χ0n) is 46.2. The first-order valence-corrected chi connectivity index (χ1v) is 29.4. The Morgan fingerprint density at radius 2 is 0.549 bits per heavy atom. The quantitative estimate of drug-likeness (QED) is 0.0261. The van der Waals surface area contributed by atoms with Gasteiger partial charge in [-0.15, -0.1) is 0 Å². The predicted molar refractivity (Wildman–Crippen MR) is 307 cm³/mol. The second kappa shape index (κ2) is 58.6. The van der Waals surface area contributed by atoms with E-state index in [0.717, 1.165) is 122 Å². The number of rotatable bonds is 52. The lowest BCUT2D eigenvalue weighted by Gasteiger charge is -2.18. The van der Waals surface area contributed by atoms with Crippen molar-refractivity contribution in [3.8, 4) is 0 Å². The van der Waals surface area contributed by atoms with Crippen LogP contribution in [0.15, 0.2) is 109 Å². The molecule has 6 nitrogen and oxygen atoms in total. The maximum Gasteiger partial charge on any atom is 0.306 e. The average molecular weight is 986 g/mol. The minimum atomic E-state index is -0.776. The van der Waals surface area contributed by atoms with Gasteiger partial charge in [-0.05, 0) is 89.9 Å². The molecule has 0 bridgehead atoms. The Kier molecular flexibility index (Phi) is 55.4. The van der Waals surface area contributed by atoms with Crippen LogP contribution in [-0.4, -0.2) is 37.2 Å². The van der Waals surface area contributed by atoms with E-state index >= 15 is 0 Å². The maximum absolute atomic E-state index is 12.7.